The van der Waals surface area contributed by atoms with Gasteiger partial charge in [0, 0.05) is 0 Å². The summed E-state index contributed by atoms with van der Waals surface area (Å²) < 4.78 is 10.6. The molecular formula is C13H22O3. The van der Waals surface area contributed by atoms with Gasteiger partial charge in [-0.15, -0.1) is 0 Å². The van der Waals surface area contributed by atoms with Crippen molar-refractivity contribution < 1.29 is 14.3 Å². The Bertz CT molecular complexity index is 292. The van der Waals surface area contributed by atoms with E-state index >= 15 is 0 Å². The van der Waals surface area contributed by atoms with Crippen LogP contribution in [0.5, 0.6) is 0 Å². The number of ether oxygens (including phenoxy) is 2. The quantitative estimate of drug-likeness (QED) is 0.509. The largest absolute Gasteiger partial charge is 0.467 e. The van der Waals surface area contributed by atoms with Crippen LogP contribution in [0.3, 0.4) is 0 Å². The summed E-state index contributed by atoms with van der Waals surface area (Å²) in [5.74, 6) is 0.272. The van der Waals surface area contributed by atoms with Crippen molar-refractivity contribution in [2.75, 3.05) is 7.11 Å². The van der Waals surface area contributed by atoms with E-state index in [1.165, 1.54) is 20.0 Å². The molecule has 0 bridgehead atoms. The summed E-state index contributed by atoms with van der Waals surface area (Å²) in [5, 5.41) is 0. The number of methoxy groups -OCH3 is 1. The van der Waals surface area contributed by atoms with Crippen LogP contribution in [0.4, 0.5) is 0 Å². The highest BCUT2D eigenvalue weighted by Crippen LogP contribution is 2.57. The first-order chi connectivity index (χ1) is 7.42. The molecule has 1 aliphatic heterocycles. The van der Waals surface area contributed by atoms with Gasteiger partial charge in [0.15, 0.2) is 6.10 Å². The van der Waals surface area contributed by atoms with Gasteiger partial charge in [0.05, 0.1) is 7.11 Å². The minimum atomic E-state index is -0.304. The van der Waals surface area contributed by atoms with Crippen molar-refractivity contribution in [1.82, 2.24) is 0 Å². The summed E-state index contributed by atoms with van der Waals surface area (Å²) in [5.41, 5.74) is -0.00716. The molecule has 0 amide bonds. The molecule has 92 valence electrons. The van der Waals surface area contributed by atoms with Gasteiger partial charge in [0.1, 0.15) is 5.60 Å². The molecule has 1 heterocycles. The second kappa shape index (κ2) is 3.73. The normalized spacial score (nSPS) is 38.5. The van der Waals surface area contributed by atoms with Crippen molar-refractivity contribution in [3.05, 3.63) is 0 Å². The summed E-state index contributed by atoms with van der Waals surface area (Å²) >= 11 is 0. The van der Waals surface area contributed by atoms with E-state index in [4.69, 9.17) is 9.47 Å². The Kier molecular flexibility index (Phi) is 2.77. The molecule has 1 spiro atoms. The third kappa shape index (κ3) is 1.75. The van der Waals surface area contributed by atoms with Crippen LogP contribution in [0, 0.1) is 11.3 Å². The summed E-state index contributed by atoms with van der Waals surface area (Å²) in [6.07, 6.45) is 4.29. The predicted octanol–water partition coefficient (Wildman–Crippen LogP) is 2.53. The van der Waals surface area contributed by atoms with Crippen molar-refractivity contribution >= 4 is 5.97 Å². The highest BCUT2D eigenvalue weighted by molar-refractivity contribution is 5.79. The van der Waals surface area contributed by atoms with Gasteiger partial charge in [-0.05, 0) is 24.2 Å². The molecule has 3 unspecified atom stereocenters. The van der Waals surface area contributed by atoms with Crippen molar-refractivity contribution in [3.63, 3.8) is 0 Å². The van der Waals surface area contributed by atoms with E-state index in [-0.39, 0.29) is 23.1 Å². The number of hydrogen-bond donors (Lipinski definition) is 0. The molecule has 0 N–H and O–H groups in total. The maximum atomic E-state index is 11.6. The highest BCUT2D eigenvalue weighted by Gasteiger charge is 2.67. The van der Waals surface area contributed by atoms with Gasteiger partial charge >= 0.3 is 5.97 Å². The van der Waals surface area contributed by atoms with Crippen molar-refractivity contribution in [3.8, 4) is 0 Å². The molecule has 0 aromatic carbocycles. The number of epoxide rings is 1. The van der Waals surface area contributed by atoms with Gasteiger partial charge in [0.25, 0.3) is 0 Å². The Labute approximate surface area is 97.5 Å². The minimum absolute atomic E-state index is 0.198. The number of hydrogen-bond acceptors (Lipinski definition) is 3. The number of carbonyl (C=O) groups excluding carboxylic acids is 1. The van der Waals surface area contributed by atoms with Crippen LogP contribution in [0.25, 0.3) is 0 Å². The zero-order chi connectivity index (χ0) is 12.0. The zero-order valence-electron chi connectivity index (χ0n) is 10.7. The highest BCUT2D eigenvalue weighted by atomic mass is 16.7. The molecule has 0 aromatic rings. The molecule has 1 saturated heterocycles. The average molecular weight is 226 g/mol. The van der Waals surface area contributed by atoms with Crippen molar-refractivity contribution in [2.45, 2.75) is 58.2 Å². The molecule has 1 saturated carbocycles. The van der Waals surface area contributed by atoms with E-state index in [0.717, 1.165) is 12.8 Å². The van der Waals surface area contributed by atoms with Gasteiger partial charge in [-0.2, -0.15) is 0 Å². The van der Waals surface area contributed by atoms with E-state index in [0.29, 0.717) is 5.92 Å². The number of rotatable bonds is 1. The molecular weight excluding hydrogens is 204 g/mol. The molecule has 0 radical (unpaired) electrons. The number of carbonyl (C=O) groups is 1. The van der Waals surface area contributed by atoms with Crippen molar-refractivity contribution in [2.24, 2.45) is 11.3 Å². The summed E-state index contributed by atoms with van der Waals surface area (Å²) in [6.45, 7) is 6.71. The van der Waals surface area contributed by atoms with Crippen LogP contribution >= 0.6 is 0 Å². The molecule has 2 fully saturated rings. The standard InChI is InChI=1S/C13H22O3/c1-12(2,3)9-7-5-6-8-13(9)10(16-13)11(14)15-4/h9-10H,5-8H2,1-4H3. The Hall–Kier alpha value is -0.570. The van der Waals surface area contributed by atoms with Crippen molar-refractivity contribution in [1.29, 1.82) is 0 Å². The predicted molar refractivity (Wildman–Crippen MR) is 61.0 cm³/mol. The van der Waals surface area contributed by atoms with E-state index in [2.05, 4.69) is 20.8 Å². The fourth-order valence-electron chi connectivity index (χ4n) is 3.33. The second-order valence-electron chi connectivity index (χ2n) is 6.14. The maximum absolute atomic E-state index is 11.6. The van der Waals surface area contributed by atoms with Gasteiger partial charge in [-0.3, -0.25) is 0 Å². The van der Waals surface area contributed by atoms with Crippen LogP contribution in [0.1, 0.15) is 46.5 Å². The van der Waals surface area contributed by atoms with E-state index in [9.17, 15) is 4.79 Å². The Morgan fingerprint density at radius 1 is 1.38 bits per heavy atom. The fourth-order valence-corrected chi connectivity index (χ4v) is 3.33. The van der Waals surface area contributed by atoms with Gasteiger partial charge in [-0.25, -0.2) is 4.79 Å². The number of esters is 1. The molecule has 3 nitrogen and oxygen atoms in total. The fraction of sp³-hybridized carbons (Fsp3) is 0.923. The van der Waals surface area contributed by atoms with Gasteiger partial charge < -0.3 is 9.47 Å². The van der Waals surface area contributed by atoms with Gasteiger partial charge in [0.2, 0.25) is 0 Å². The van der Waals surface area contributed by atoms with Crippen LogP contribution < -0.4 is 0 Å². The van der Waals surface area contributed by atoms with Gasteiger partial charge in [-0.1, -0.05) is 33.6 Å². The molecule has 16 heavy (non-hydrogen) atoms. The van der Waals surface area contributed by atoms with E-state index < -0.39 is 0 Å². The van der Waals surface area contributed by atoms with Crippen LogP contribution in [0.15, 0.2) is 0 Å². The summed E-state index contributed by atoms with van der Waals surface area (Å²) in [6, 6.07) is 0. The molecule has 2 aliphatic rings. The van der Waals surface area contributed by atoms with Crippen LogP contribution in [-0.4, -0.2) is 24.8 Å². The van der Waals surface area contributed by atoms with E-state index in [1.54, 1.807) is 0 Å². The molecule has 0 aromatic heterocycles. The molecule has 1 aliphatic carbocycles. The third-order valence-corrected chi connectivity index (χ3v) is 4.08. The summed E-state index contributed by atoms with van der Waals surface area (Å²) in [4.78, 5) is 11.6. The monoisotopic (exact) mass is 226 g/mol. The Morgan fingerprint density at radius 2 is 2.06 bits per heavy atom. The zero-order valence-corrected chi connectivity index (χ0v) is 10.7. The molecule has 3 atom stereocenters. The first-order valence-corrected chi connectivity index (χ1v) is 6.17. The molecule has 3 heteroatoms. The van der Waals surface area contributed by atoms with Crippen LogP contribution in [0.2, 0.25) is 0 Å². The average Bonchev–Trinajstić information content (AvgIpc) is 2.90. The lowest BCUT2D eigenvalue weighted by Gasteiger charge is -2.39. The van der Waals surface area contributed by atoms with E-state index in [1.807, 2.05) is 0 Å². The third-order valence-electron chi connectivity index (χ3n) is 4.08. The van der Waals surface area contributed by atoms with Crippen LogP contribution in [-0.2, 0) is 14.3 Å². The summed E-state index contributed by atoms with van der Waals surface area (Å²) in [7, 11) is 1.44. The molecule has 2 rings (SSSR count). The Balaban J connectivity index is 2.16. The first kappa shape index (κ1) is 11.9. The first-order valence-electron chi connectivity index (χ1n) is 6.17. The lowest BCUT2D eigenvalue weighted by molar-refractivity contribution is -0.142. The minimum Gasteiger partial charge on any atom is -0.467 e. The topological polar surface area (TPSA) is 38.8 Å². The smallest absolute Gasteiger partial charge is 0.338 e. The Morgan fingerprint density at radius 3 is 2.62 bits per heavy atom. The lowest BCUT2D eigenvalue weighted by Crippen LogP contribution is -2.40. The SMILES string of the molecule is COC(=O)C1OC12CCCCC2C(C)(C)C. The second-order valence-corrected chi connectivity index (χ2v) is 6.14. The lowest BCUT2D eigenvalue weighted by atomic mass is 9.65. The maximum Gasteiger partial charge on any atom is 0.338 e.